The van der Waals surface area contributed by atoms with E-state index < -0.39 is 0 Å². The van der Waals surface area contributed by atoms with E-state index in [1.165, 1.54) is 0 Å². The summed E-state index contributed by atoms with van der Waals surface area (Å²) in [4.78, 5) is 0. The standard InChI is InChI=1S/C5H10N2/c1-6-4-3-5-7-2/h4-7H,1-2H3. The van der Waals surface area contributed by atoms with Crippen LogP contribution in [-0.4, -0.2) is 14.1 Å². The Labute approximate surface area is 43.9 Å². The van der Waals surface area contributed by atoms with Gasteiger partial charge in [-0.25, -0.2) is 0 Å². The summed E-state index contributed by atoms with van der Waals surface area (Å²) in [5, 5.41) is 5.59. The Morgan fingerprint density at radius 1 is 1.14 bits per heavy atom. The van der Waals surface area contributed by atoms with E-state index in [-0.39, 0.29) is 0 Å². The molecule has 0 bridgehead atoms. The van der Waals surface area contributed by atoms with Crippen LogP contribution < -0.4 is 10.6 Å². The van der Waals surface area contributed by atoms with Crippen LogP contribution in [0.4, 0.5) is 0 Å². The summed E-state index contributed by atoms with van der Waals surface area (Å²) in [5.41, 5.74) is 2.81. The Morgan fingerprint density at radius 2 is 1.57 bits per heavy atom. The average Bonchev–Trinajstić information content (AvgIpc) is 1.69. The molecule has 7 heavy (non-hydrogen) atoms. The van der Waals surface area contributed by atoms with E-state index in [2.05, 4.69) is 16.4 Å². The van der Waals surface area contributed by atoms with E-state index in [4.69, 9.17) is 0 Å². The van der Waals surface area contributed by atoms with Crippen LogP contribution in [0.2, 0.25) is 0 Å². The predicted molar refractivity (Wildman–Crippen MR) is 30.8 cm³/mol. The lowest BCUT2D eigenvalue weighted by Crippen LogP contribution is -1.92. The third kappa shape index (κ3) is 5.12. The van der Waals surface area contributed by atoms with Crippen molar-refractivity contribution in [2.75, 3.05) is 14.1 Å². The van der Waals surface area contributed by atoms with Crippen molar-refractivity contribution >= 4 is 0 Å². The van der Waals surface area contributed by atoms with Gasteiger partial charge in [0.1, 0.15) is 0 Å². The van der Waals surface area contributed by atoms with Gasteiger partial charge in [-0.05, 0) is 0 Å². The number of hydrogen-bond donors (Lipinski definition) is 2. The highest BCUT2D eigenvalue weighted by atomic mass is 14.8. The molecule has 0 spiro atoms. The van der Waals surface area contributed by atoms with Gasteiger partial charge in [0.25, 0.3) is 0 Å². The van der Waals surface area contributed by atoms with Gasteiger partial charge in [-0.15, -0.1) is 0 Å². The SMILES string of the molecule is CNC=C=CNC. The maximum Gasteiger partial charge on any atom is 0.0410 e. The van der Waals surface area contributed by atoms with E-state index in [9.17, 15) is 0 Å². The van der Waals surface area contributed by atoms with Gasteiger partial charge in [0.15, 0.2) is 0 Å². The summed E-state index contributed by atoms with van der Waals surface area (Å²) in [5.74, 6) is 0. The summed E-state index contributed by atoms with van der Waals surface area (Å²) in [6.45, 7) is 0. The fourth-order valence-corrected chi connectivity index (χ4v) is 0.208. The Balaban J connectivity index is 3.21. The lowest BCUT2D eigenvalue weighted by atomic mass is 10.8. The highest BCUT2D eigenvalue weighted by Gasteiger charge is 1.50. The minimum absolute atomic E-state index is 1.72. The molecule has 0 rings (SSSR count). The molecule has 0 heterocycles. The molecule has 2 nitrogen and oxygen atoms in total. The average molecular weight is 98.1 g/mol. The molecule has 0 aromatic heterocycles. The zero-order chi connectivity index (χ0) is 5.54. The lowest BCUT2D eigenvalue weighted by molar-refractivity contribution is 1.08. The topological polar surface area (TPSA) is 24.1 Å². The molecule has 0 aliphatic heterocycles. The minimum Gasteiger partial charge on any atom is -0.388 e. The molecule has 0 saturated heterocycles. The minimum atomic E-state index is 1.72. The second kappa shape index (κ2) is 5.12. The highest BCUT2D eigenvalue weighted by Crippen LogP contribution is 1.51. The zero-order valence-electron chi connectivity index (χ0n) is 4.65. The molecule has 0 amide bonds. The summed E-state index contributed by atoms with van der Waals surface area (Å²) in [6, 6.07) is 0. The van der Waals surface area contributed by atoms with Gasteiger partial charge in [-0.3, -0.25) is 0 Å². The second-order valence-corrected chi connectivity index (χ2v) is 1.03. The number of nitrogens with one attached hydrogen (secondary N) is 2. The van der Waals surface area contributed by atoms with Crippen molar-refractivity contribution in [3.05, 3.63) is 18.1 Å². The van der Waals surface area contributed by atoms with Crippen LogP contribution in [0.15, 0.2) is 18.1 Å². The van der Waals surface area contributed by atoms with E-state index in [0.29, 0.717) is 0 Å². The fraction of sp³-hybridized carbons (Fsp3) is 0.400. The molecule has 0 saturated carbocycles. The van der Waals surface area contributed by atoms with Gasteiger partial charge < -0.3 is 10.6 Å². The van der Waals surface area contributed by atoms with Gasteiger partial charge in [-0.1, -0.05) is 5.73 Å². The Hall–Kier alpha value is -0.880. The molecule has 2 N–H and O–H groups in total. The van der Waals surface area contributed by atoms with Crippen LogP contribution >= 0.6 is 0 Å². The quantitative estimate of drug-likeness (QED) is 0.477. The van der Waals surface area contributed by atoms with Crippen molar-refractivity contribution in [1.82, 2.24) is 10.6 Å². The van der Waals surface area contributed by atoms with Gasteiger partial charge in [-0.2, -0.15) is 0 Å². The number of rotatable bonds is 2. The van der Waals surface area contributed by atoms with Gasteiger partial charge in [0, 0.05) is 26.5 Å². The first-order chi connectivity index (χ1) is 3.41. The molecule has 0 aromatic rings. The monoisotopic (exact) mass is 98.1 g/mol. The third-order valence-corrected chi connectivity index (χ3v) is 0.455. The molecule has 0 unspecified atom stereocenters. The first-order valence-electron chi connectivity index (χ1n) is 2.15. The normalized spacial score (nSPS) is 6.00. The molecule has 0 radical (unpaired) electrons. The molecule has 2 heteroatoms. The van der Waals surface area contributed by atoms with E-state index in [1.54, 1.807) is 12.4 Å². The highest BCUT2D eigenvalue weighted by molar-refractivity contribution is 4.78. The molecular weight excluding hydrogens is 88.1 g/mol. The maximum absolute atomic E-state index is 2.81. The van der Waals surface area contributed by atoms with Crippen LogP contribution in [0.5, 0.6) is 0 Å². The lowest BCUT2D eigenvalue weighted by Gasteiger charge is -1.77. The van der Waals surface area contributed by atoms with Gasteiger partial charge in [0.05, 0.1) is 0 Å². The molecular formula is C5H10N2. The fourth-order valence-electron chi connectivity index (χ4n) is 0.208. The molecule has 0 aliphatic carbocycles. The second-order valence-electron chi connectivity index (χ2n) is 1.03. The summed E-state index contributed by atoms with van der Waals surface area (Å²) in [7, 11) is 3.66. The Kier molecular flexibility index (Phi) is 4.48. The predicted octanol–water partition coefficient (Wildman–Crippen LogP) is 0.0515. The molecule has 0 atom stereocenters. The smallest absolute Gasteiger partial charge is 0.0410 e. The molecule has 40 valence electrons. The van der Waals surface area contributed by atoms with Crippen LogP contribution in [-0.2, 0) is 0 Å². The van der Waals surface area contributed by atoms with Crippen LogP contribution in [0.1, 0.15) is 0 Å². The number of hydrogen-bond acceptors (Lipinski definition) is 2. The Morgan fingerprint density at radius 3 is 1.86 bits per heavy atom. The van der Waals surface area contributed by atoms with Gasteiger partial charge in [0.2, 0.25) is 0 Å². The van der Waals surface area contributed by atoms with Crippen molar-refractivity contribution in [3.8, 4) is 0 Å². The first-order valence-corrected chi connectivity index (χ1v) is 2.15. The largest absolute Gasteiger partial charge is 0.388 e. The molecule has 0 aromatic carbocycles. The Bertz CT molecular complexity index is 72.1. The zero-order valence-corrected chi connectivity index (χ0v) is 4.65. The van der Waals surface area contributed by atoms with E-state index in [0.717, 1.165) is 0 Å². The van der Waals surface area contributed by atoms with Crippen molar-refractivity contribution in [2.24, 2.45) is 0 Å². The summed E-state index contributed by atoms with van der Waals surface area (Å²) < 4.78 is 0. The van der Waals surface area contributed by atoms with Crippen LogP contribution in [0.3, 0.4) is 0 Å². The van der Waals surface area contributed by atoms with Crippen molar-refractivity contribution in [3.63, 3.8) is 0 Å². The van der Waals surface area contributed by atoms with E-state index >= 15 is 0 Å². The molecule has 0 fully saturated rings. The molecule has 0 aliphatic rings. The van der Waals surface area contributed by atoms with Crippen molar-refractivity contribution in [1.29, 1.82) is 0 Å². The van der Waals surface area contributed by atoms with Gasteiger partial charge >= 0.3 is 0 Å². The summed E-state index contributed by atoms with van der Waals surface area (Å²) in [6.07, 6.45) is 3.44. The van der Waals surface area contributed by atoms with Crippen LogP contribution in [0, 0.1) is 0 Å². The third-order valence-electron chi connectivity index (χ3n) is 0.455. The van der Waals surface area contributed by atoms with Crippen molar-refractivity contribution < 1.29 is 0 Å². The van der Waals surface area contributed by atoms with E-state index in [1.807, 2.05) is 14.1 Å². The van der Waals surface area contributed by atoms with Crippen LogP contribution in [0.25, 0.3) is 0 Å². The summed E-state index contributed by atoms with van der Waals surface area (Å²) >= 11 is 0. The van der Waals surface area contributed by atoms with Crippen molar-refractivity contribution in [2.45, 2.75) is 0 Å². The first kappa shape index (κ1) is 6.12. The maximum atomic E-state index is 2.81.